The van der Waals surface area contributed by atoms with Crippen LogP contribution in [0.3, 0.4) is 0 Å². The zero-order valence-electron chi connectivity index (χ0n) is 11.7. The summed E-state index contributed by atoms with van der Waals surface area (Å²) in [5.41, 5.74) is 0. The van der Waals surface area contributed by atoms with Gasteiger partial charge < -0.3 is 5.32 Å². The number of rotatable bonds is 6. The third-order valence-electron chi connectivity index (χ3n) is 4.20. The van der Waals surface area contributed by atoms with Crippen molar-refractivity contribution >= 4 is 0 Å². The van der Waals surface area contributed by atoms with Gasteiger partial charge in [-0.2, -0.15) is 5.10 Å². The summed E-state index contributed by atoms with van der Waals surface area (Å²) in [5.74, 6) is 2.81. The van der Waals surface area contributed by atoms with Crippen molar-refractivity contribution < 1.29 is 0 Å². The molecule has 18 heavy (non-hydrogen) atoms. The molecular weight excluding hydrogens is 224 g/mol. The minimum Gasteiger partial charge on any atom is -0.314 e. The van der Waals surface area contributed by atoms with Gasteiger partial charge in [0, 0.05) is 12.5 Å². The van der Waals surface area contributed by atoms with Gasteiger partial charge in [0.1, 0.15) is 12.2 Å². The summed E-state index contributed by atoms with van der Waals surface area (Å²) < 4.78 is 0. The first-order valence-corrected chi connectivity index (χ1v) is 7.33. The molecule has 1 heterocycles. The quantitative estimate of drug-likeness (QED) is 0.763. The number of nitrogens with one attached hydrogen (secondary N) is 2. The van der Waals surface area contributed by atoms with Crippen molar-refractivity contribution in [2.75, 3.05) is 6.54 Å². The molecular formula is C14H26N4. The molecule has 0 saturated heterocycles. The molecule has 1 aromatic heterocycles. The molecule has 0 spiro atoms. The van der Waals surface area contributed by atoms with E-state index in [0.717, 1.165) is 43.1 Å². The number of H-pyrrole nitrogens is 1. The Morgan fingerprint density at radius 1 is 1.33 bits per heavy atom. The van der Waals surface area contributed by atoms with Gasteiger partial charge in [-0.15, -0.1) is 0 Å². The van der Waals surface area contributed by atoms with Gasteiger partial charge in [0.15, 0.2) is 0 Å². The molecule has 4 nitrogen and oxygen atoms in total. The Morgan fingerprint density at radius 2 is 2.11 bits per heavy atom. The number of aryl methyl sites for hydroxylation is 1. The predicted octanol–water partition coefficient (Wildman–Crippen LogP) is 2.54. The second-order valence-corrected chi connectivity index (χ2v) is 5.85. The van der Waals surface area contributed by atoms with Crippen LogP contribution in [0.5, 0.6) is 0 Å². The zero-order chi connectivity index (χ0) is 12.8. The summed E-state index contributed by atoms with van der Waals surface area (Å²) >= 11 is 0. The van der Waals surface area contributed by atoms with E-state index >= 15 is 0 Å². The summed E-state index contributed by atoms with van der Waals surface area (Å²) in [6.07, 6.45) is 9.22. The smallest absolute Gasteiger partial charge is 0.137 e. The predicted molar refractivity (Wildman–Crippen MR) is 73.3 cm³/mol. The molecule has 0 radical (unpaired) electrons. The molecule has 2 rings (SSSR count). The zero-order valence-corrected chi connectivity index (χ0v) is 11.7. The van der Waals surface area contributed by atoms with Crippen molar-refractivity contribution in [1.82, 2.24) is 20.5 Å². The largest absolute Gasteiger partial charge is 0.314 e. The van der Waals surface area contributed by atoms with Crippen molar-refractivity contribution in [1.29, 1.82) is 0 Å². The fraction of sp³-hybridized carbons (Fsp3) is 0.857. The second-order valence-electron chi connectivity index (χ2n) is 5.85. The molecule has 0 amide bonds. The van der Waals surface area contributed by atoms with Gasteiger partial charge in [-0.25, -0.2) is 4.98 Å². The third-order valence-corrected chi connectivity index (χ3v) is 4.20. The second kappa shape index (κ2) is 6.88. The monoisotopic (exact) mass is 250 g/mol. The normalized spacial score (nSPS) is 24.6. The van der Waals surface area contributed by atoms with Crippen LogP contribution in [0.25, 0.3) is 0 Å². The van der Waals surface area contributed by atoms with E-state index in [0.29, 0.717) is 0 Å². The molecule has 0 unspecified atom stereocenters. The highest BCUT2D eigenvalue weighted by Gasteiger charge is 2.22. The SMILES string of the molecule is CC(C)C1CCC(NCCCc2ncn[nH]2)CC1. The van der Waals surface area contributed by atoms with Crippen molar-refractivity contribution in [2.24, 2.45) is 11.8 Å². The van der Waals surface area contributed by atoms with Crippen LogP contribution in [-0.2, 0) is 6.42 Å². The minimum absolute atomic E-state index is 0.745. The first kappa shape index (κ1) is 13.5. The molecule has 2 N–H and O–H groups in total. The van der Waals surface area contributed by atoms with E-state index in [2.05, 4.69) is 34.3 Å². The van der Waals surface area contributed by atoms with Crippen molar-refractivity contribution in [3.05, 3.63) is 12.2 Å². The third kappa shape index (κ3) is 4.09. The molecule has 1 aliphatic rings. The highest BCUT2D eigenvalue weighted by Crippen LogP contribution is 2.29. The topological polar surface area (TPSA) is 53.6 Å². The Morgan fingerprint density at radius 3 is 2.72 bits per heavy atom. The highest BCUT2D eigenvalue weighted by molar-refractivity contribution is 4.81. The Balaban J connectivity index is 1.55. The minimum atomic E-state index is 0.745. The van der Waals surface area contributed by atoms with Crippen molar-refractivity contribution in [3.63, 3.8) is 0 Å². The molecule has 0 bridgehead atoms. The van der Waals surface area contributed by atoms with Crippen LogP contribution in [0.2, 0.25) is 0 Å². The number of hydrogen-bond donors (Lipinski definition) is 2. The lowest BCUT2D eigenvalue weighted by Gasteiger charge is -2.31. The van der Waals surface area contributed by atoms with Gasteiger partial charge in [-0.3, -0.25) is 5.10 Å². The Kier molecular flexibility index (Phi) is 5.17. The molecule has 0 aliphatic heterocycles. The summed E-state index contributed by atoms with van der Waals surface area (Å²) in [5, 5.41) is 10.4. The maximum atomic E-state index is 4.14. The average Bonchev–Trinajstić information content (AvgIpc) is 2.88. The van der Waals surface area contributed by atoms with Crippen molar-refractivity contribution in [3.8, 4) is 0 Å². The average molecular weight is 250 g/mol. The van der Waals surface area contributed by atoms with Crippen LogP contribution >= 0.6 is 0 Å². The molecule has 102 valence electrons. The number of hydrogen-bond acceptors (Lipinski definition) is 3. The van der Waals surface area contributed by atoms with Crippen LogP contribution in [0.1, 0.15) is 51.8 Å². The van der Waals surface area contributed by atoms with Gasteiger partial charge in [0.05, 0.1) is 0 Å². The van der Waals surface area contributed by atoms with E-state index in [9.17, 15) is 0 Å². The maximum absolute atomic E-state index is 4.14. The fourth-order valence-corrected chi connectivity index (χ4v) is 2.90. The first-order chi connectivity index (χ1) is 8.75. The van der Waals surface area contributed by atoms with Gasteiger partial charge in [0.25, 0.3) is 0 Å². The lowest BCUT2D eigenvalue weighted by atomic mass is 9.80. The van der Waals surface area contributed by atoms with E-state index in [-0.39, 0.29) is 0 Å². The van der Waals surface area contributed by atoms with Gasteiger partial charge in [-0.05, 0) is 50.5 Å². The van der Waals surface area contributed by atoms with E-state index < -0.39 is 0 Å². The first-order valence-electron chi connectivity index (χ1n) is 7.33. The summed E-state index contributed by atoms with van der Waals surface area (Å²) in [4.78, 5) is 4.14. The van der Waals surface area contributed by atoms with Gasteiger partial charge in [0.2, 0.25) is 0 Å². The van der Waals surface area contributed by atoms with Crippen molar-refractivity contribution in [2.45, 2.75) is 58.4 Å². The van der Waals surface area contributed by atoms with Crippen LogP contribution in [0.15, 0.2) is 6.33 Å². The Labute approximate surface area is 110 Å². The van der Waals surface area contributed by atoms with E-state index in [1.54, 1.807) is 6.33 Å². The van der Waals surface area contributed by atoms with Crippen LogP contribution in [-0.4, -0.2) is 27.8 Å². The molecule has 0 aromatic carbocycles. The van der Waals surface area contributed by atoms with E-state index in [4.69, 9.17) is 0 Å². The van der Waals surface area contributed by atoms with Crippen LogP contribution < -0.4 is 5.32 Å². The van der Waals surface area contributed by atoms with Crippen LogP contribution in [0, 0.1) is 11.8 Å². The molecule has 1 aliphatic carbocycles. The molecule has 0 atom stereocenters. The Bertz CT molecular complexity index is 313. The highest BCUT2D eigenvalue weighted by atomic mass is 15.2. The summed E-state index contributed by atoms with van der Waals surface area (Å²) in [6, 6.07) is 0.745. The lowest BCUT2D eigenvalue weighted by Crippen LogP contribution is -2.34. The maximum Gasteiger partial charge on any atom is 0.137 e. The lowest BCUT2D eigenvalue weighted by molar-refractivity contribution is 0.239. The molecule has 1 aromatic rings. The summed E-state index contributed by atoms with van der Waals surface area (Å²) in [7, 11) is 0. The van der Waals surface area contributed by atoms with Gasteiger partial charge >= 0.3 is 0 Å². The molecule has 4 heteroatoms. The molecule has 1 saturated carbocycles. The number of aromatic nitrogens is 3. The molecule has 1 fully saturated rings. The number of aromatic amines is 1. The van der Waals surface area contributed by atoms with E-state index in [1.165, 1.54) is 25.7 Å². The van der Waals surface area contributed by atoms with E-state index in [1.807, 2.05) is 0 Å². The van der Waals surface area contributed by atoms with Crippen LogP contribution in [0.4, 0.5) is 0 Å². The van der Waals surface area contributed by atoms with Gasteiger partial charge in [-0.1, -0.05) is 13.8 Å². The Hall–Kier alpha value is -0.900. The standard InChI is InChI=1S/C14H26N4/c1-11(2)12-5-7-13(8-6-12)15-9-3-4-14-16-10-17-18-14/h10-13,15H,3-9H2,1-2H3,(H,16,17,18). The fourth-order valence-electron chi connectivity index (χ4n) is 2.90. The number of nitrogens with zero attached hydrogens (tertiary/aromatic N) is 2. The summed E-state index contributed by atoms with van der Waals surface area (Å²) in [6.45, 7) is 5.81.